The Balaban J connectivity index is 0.00000256. The van der Waals surface area contributed by atoms with Crippen LogP contribution in [0.2, 0.25) is 10.0 Å². The average Bonchev–Trinajstić information content (AvgIpc) is 2.24. The quantitative estimate of drug-likeness (QED) is 0.897. The van der Waals surface area contributed by atoms with Crippen LogP contribution in [-0.4, -0.2) is 25.7 Å². The van der Waals surface area contributed by atoms with Crippen molar-refractivity contribution < 1.29 is 9.53 Å². The highest BCUT2D eigenvalue weighted by molar-refractivity contribution is 6.42. The monoisotopic (exact) mass is 298 g/mol. The normalized spacial score (nSPS) is 11.5. The maximum atomic E-state index is 11.5. The third-order valence-electron chi connectivity index (χ3n) is 1.87. The van der Waals surface area contributed by atoms with Gasteiger partial charge in [0.25, 0.3) is 0 Å². The van der Waals surface area contributed by atoms with E-state index in [1.54, 1.807) is 18.2 Å². The summed E-state index contributed by atoms with van der Waals surface area (Å²) in [6, 6.07) is 4.09. The van der Waals surface area contributed by atoms with E-state index >= 15 is 0 Å². The van der Waals surface area contributed by atoms with Crippen molar-refractivity contribution >= 4 is 47.2 Å². The van der Waals surface area contributed by atoms with E-state index in [1.165, 1.54) is 7.11 Å². The standard InChI is InChI=1S/C10H12Cl2N2O2.ClH/c1-16-5-9(13)10(15)14-6-2-3-7(11)8(12)4-6;/h2-4,9H,5,13H2,1H3,(H,14,15);1H. The van der Waals surface area contributed by atoms with Gasteiger partial charge in [-0.1, -0.05) is 23.2 Å². The number of nitrogens with one attached hydrogen (secondary N) is 1. The van der Waals surface area contributed by atoms with Gasteiger partial charge < -0.3 is 15.8 Å². The minimum atomic E-state index is -0.709. The first-order valence-electron chi connectivity index (χ1n) is 4.55. The topological polar surface area (TPSA) is 64.3 Å². The van der Waals surface area contributed by atoms with Gasteiger partial charge in [0, 0.05) is 12.8 Å². The summed E-state index contributed by atoms with van der Waals surface area (Å²) in [6.07, 6.45) is 0. The van der Waals surface area contributed by atoms with Crippen LogP contribution >= 0.6 is 35.6 Å². The molecule has 0 bridgehead atoms. The van der Waals surface area contributed by atoms with Crippen molar-refractivity contribution in [1.82, 2.24) is 0 Å². The van der Waals surface area contributed by atoms with Crippen LogP contribution in [0.4, 0.5) is 5.69 Å². The molecular formula is C10H13Cl3N2O2. The van der Waals surface area contributed by atoms with Crippen LogP contribution in [0.25, 0.3) is 0 Å². The molecule has 17 heavy (non-hydrogen) atoms. The molecule has 0 heterocycles. The van der Waals surface area contributed by atoms with Crippen molar-refractivity contribution in [2.45, 2.75) is 6.04 Å². The Morgan fingerprint density at radius 3 is 2.65 bits per heavy atom. The molecule has 4 nitrogen and oxygen atoms in total. The second-order valence-electron chi connectivity index (χ2n) is 3.18. The van der Waals surface area contributed by atoms with Gasteiger partial charge in [-0.2, -0.15) is 0 Å². The van der Waals surface area contributed by atoms with E-state index in [1.807, 2.05) is 0 Å². The minimum absolute atomic E-state index is 0. The van der Waals surface area contributed by atoms with Gasteiger partial charge in [0.05, 0.1) is 16.7 Å². The van der Waals surface area contributed by atoms with E-state index in [0.717, 1.165) is 0 Å². The molecule has 0 aliphatic heterocycles. The van der Waals surface area contributed by atoms with E-state index in [2.05, 4.69) is 5.32 Å². The lowest BCUT2D eigenvalue weighted by Crippen LogP contribution is -2.39. The second kappa shape index (κ2) is 7.74. The fraction of sp³-hybridized carbons (Fsp3) is 0.300. The number of halogens is 3. The zero-order chi connectivity index (χ0) is 12.1. The maximum absolute atomic E-state index is 11.5. The summed E-state index contributed by atoms with van der Waals surface area (Å²) in [5.74, 6) is -0.333. The lowest BCUT2D eigenvalue weighted by molar-refractivity contribution is -0.118. The average molecular weight is 300 g/mol. The van der Waals surface area contributed by atoms with Crippen molar-refractivity contribution in [3.05, 3.63) is 28.2 Å². The molecule has 3 N–H and O–H groups in total. The summed E-state index contributed by atoms with van der Waals surface area (Å²) in [6.45, 7) is 0.160. The van der Waals surface area contributed by atoms with Crippen LogP contribution < -0.4 is 11.1 Å². The Morgan fingerprint density at radius 1 is 1.47 bits per heavy atom. The zero-order valence-electron chi connectivity index (χ0n) is 9.07. The molecule has 0 radical (unpaired) electrons. The van der Waals surface area contributed by atoms with Crippen LogP contribution in [0.5, 0.6) is 0 Å². The first kappa shape index (κ1) is 16.5. The Bertz CT molecular complexity index is 388. The molecule has 96 valence electrons. The molecule has 0 aliphatic rings. The number of anilines is 1. The molecular weight excluding hydrogens is 286 g/mol. The van der Waals surface area contributed by atoms with E-state index < -0.39 is 6.04 Å². The predicted molar refractivity (Wildman–Crippen MR) is 72.2 cm³/mol. The van der Waals surface area contributed by atoms with Gasteiger partial charge >= 0.3 is 0 Å². The SMILES string of the molecule is COCC(N)C(=O)Nc1ccc(Cl)c(Cl)c1.Cl. The fourth-order valence-electron chi connectivity index (χ4n) is 1.06. The fourth-order valence-corrected chi connectivity index (χ4v) is 1.36. The zero-order valence-corrected chi connectivity index (χ0v) is 11.4. The molecule has 1 aromatic carbocycles. The number of benzene rings is 1. The van der Waals surface area contributed by atoms with Gasteiger partial charge in [-0.3, -0.25) is 4.79 Å². The van der Waals surface area contributed by atoms with E-state index in [0.29, 0.717) is 15.7 Å². The molecule has 1 aromatic rings. The van der Waals surface area contributed by atoms with Crippen LogP contribution in [0.15, 0.2) is 18.2 Å². The molecule has 1 unspecified atom stereocenters. The molecule has 0 fully saturated rings. The van der Waals surface area contributed by atoms with Crippen LogP contribution in [0.1, 0.15) is 0 Å². The summed E-state index contributed by atoms with van der Waals surface area (Å²) in [5, 5.41) is 3.41. The van der Waals surface area contributed by atoms with Crippen LogP contribution in [-0.2, 0) is 9.53 Å². The van der Waals surface area contributed by atoms with Gasteiger partial charge in [0.15, 0.2) is 0 Å². The van der Waals surface area contributed by atoms with Crippen molar-refractivity contribution in [3.63, 3.8) is 0 Å². The minimum Gasteiger partial charge on any atom is -0.383 e. The highest BCUT2D eigenvalue weighted by Gasteiger charge is 2.13. The Morgan fingerprint density at radius 2 is 2.12 bits per heavy atom. The smallest absolute Gasteiger partial charge is 0.243 e. The van der Waals surface area contributed by atoms with E-state index in [4.69, 9.17) is 33.7 Å². The lowest BCUT2D eigenvalue weighted by atomic mass is 10.2. The van der Waals surface area contributed by atoms with Gasteiger partial charge in [-0.25, -0.2) is 0 Å². The third-order valence-corrected chi connectivity index (χ3v) is 2.61. The van der Waals surface area contributed by atoms with Crippen LogP contribution in [0.3, 0.4) is 0 Å². The summed E-state index contributed by atoms with van der Waals surface area (Å²) < 4.78 is 4.77. The molecule has 1 atom stereocenters. The maximum Gasteiger partial charge on any atom is 0.243 e. The molecule has 0 aliphatic carbocycles. The van der Waals surface area contributed by atoms with Gasteiger partial charge in [-0.05, 0) is 18.2 Å². The number of methoxy groups -OCH3 is 1. The Labute approximate surface area is 116 Å². The number of ether oxygens (including phenoxy) is 1. The largest absolute Gasteiger partial charge is 0.383 e. The molecule has 1 amide bonds. The van der Waals surface area contributed by atoms with Crippen molar-refractivity contribution in [2.75, 3.05) is 19.0 Å². The van der Waals surface area contributed by atoms with Gasteiger partial charge in [-0.15, -0.1) is 12.4 Å². The summed E-state index contributed by atoms with van der Waals surface area (Å²) in [5.41, 5.74) is 6.09. The van der Waals surface area contributed by atoms with Gasteiger partial charge in [0.1, 0.15) is 6.04 Å². The summed E-state index contributed by atoms with van der Waals surface area (Å²) in [7, 11) is 1.48. The summed E-state index contributed by atoms with van der Waals surface area (Å²) >= 11 is 11.5. The third kappa shape index (κ3) is 5.10. The number of hydrogen-bond acceptors (Lipinski definition) is 3. The number of hydrogen-bond donors (Lipinski definition) is 2. The van der Waals surface area contributed by atoms with Crippen LogP contribution in [0, 0.1) is 0 Å². The Hall–Kier alpha value is -0.520. The number of carbonyl (C=O) groups excluding carboxylic acids is 1. The predicted octanol–water partition coefficient (Wildman–Crippen LogP) is 2.33. The molecule has 0 spiro atoms. The second-order valence-corrected chi connectivity index (χ2v) is 3.99. The Kier molecular flexibility index (Phi) is 7.50. The number of carbonyl (C=O) groups is 1. The number of amides is 1. The molecule has 7 heteroatoms. The first-order chi connectivity index (χ1) is 7.54. The molecule has 0 aromatic heterocycles. The van der Waals surface area contributed by atoms with Crippen molar-refractivity contribution in [3.8, 4) is 0 Å². The first-order valence-corrected chi connectivity index (χ1v) is 5.30. The molecule has 1 rings (SSSR count). The van der Waals surface area contributed by atoms with Gasteiger partial charge in [0.2, 0.25) is 5.91 Å². The molecule has 0 saturated heterocycles. The van der Waals surface area contributed by atoms with Crippen molar-refractivity contribution in [1.29, 1.82) is 0 Å². The van der Waals surface area contributed by atoms with Crippen molar-refractivity contribution in [2.24, 2.45) is 5.73 Å². The number of rotatable bonds is 4. The highest BCUT2D eigenvalue weighted by atomic mass is 35.5. The lowest BCUT2D eigenvalue weighted by Gasteiger charge is -2.11. The summed E-state index contributed by atoms with van der Waals surface area (Å²) in [4.78, 5) is 11.5. The highest BCUT2D eigenvalue weighted by Crippen LogP contribution is 2.24. The number of nitrogens with two attached hydrogens (primary N) is 1. The van der Waals surface area contributed by atoms with E-state index in [9.17, 15) is 4.79 Å². The van der Waals surface area contributed by atoms with E-state index in [-0.39, 0.29) is 24.9 Å². The molecule has 0 saturated carbocycles.